The van der Waals surface area contributed by atoms with E-state index in [1.165, 1.54) is 0 Å². The first-order valence-electron chi connectivity index (χ1n) is 8.58. The second-order valence-electron chi connectivity index (χ2n) is 6.22. The normalized spacial score (nSPS) is 15.7. The summed E-state index contributed by atoms with van der Waals surface area (Å²) in [4.78, 5) is 40.4. The van der Waals surface area contributed by atoms with Crippen molar-refractivity contribution in [2.75, 3.05) is 32.7 Å². The predicted octanol–water partition coefficient (Wildman–Crippen LogP) is 0.410. The van der Waals surface area contributed by atoms with Gasteiger partial charge in [0.15, 0.2) is 0 Å². The Morgan fingerprint density at radius 2 is 2.08 bits per heavy atom. The molecule has 2 heterocycles. The Morgan fingerprint density at radius 1 is 1.36 bits per heavy atom. The molecule has 0 aliphatic carbocycles. The van der Waals surface area contributed by atoms with E-state index in [1.807, 2.05) is 29.3 Å². The minimum absolute atomic E-state index is 0.0636. The van der Waals surface area contributed by atoms with E-state index in [9.17, 15) is 14.4 Å². The van der Waals surface area contributed by atoms with Gasteiger partial charge in [-0.15, -0.1) is 11.3 Å². The zero-order valence-corrected chi connectivity index (χ0v) is 15.4. The maximum Gasteiger partial charge on any atom is 0.239 e. The number of carbonyl (C=O) groups is 3. The lowest BCUT2D eigenvalue weighted by Crippen LogP contribution is -2.47. The Kier molecular flexibility index (Phi) is 7.39. The molecule has 1 aliphatic heterocycles. The number of likely N-dealkylation sites (tertiary alicyclic amines) is 1. The number of nitrogens with one attached hydrogen (secondary N) is 1. The lowest BCUT2D eigenvalue weighted by Gasteiger charge is -2.31. The van der Waals surface area contributed by atoms with Gasteiger partial charge in [-0.05, 0) is 44.3 Å². The van der Waals surface area contributed by atoms with Crippen LogP contribution in [0.2, 0.25) is 0 Å². The van der Waals surface area contributed by atoms with E-state index in [0.29, 0.717) is 39.0 Å². The van der Waals surface area contributed by atoms with E-state index in [-0.39, 0.29) is 36.7 Å². The van der Waals surface area contributed by atoms with Crippen molar-refractivity contribution in [1.82, 2.24) is 15.1 Å². The maximum absolute atomic E-state index is 12.4. The zero-order valence-electron chi connectivity index (χ0n) is 14.6. The van der Waals surface area contributed by atoms with Gasteiger partial charge in [-0.3, -0.25) is 19.3 Å². The molecular formula is C17H26N4O3S. The summed E-state index contributed by atoms with van der Waals surface area (Å²) < 4.78 is 0. The lowest BCUT2D eigenvalue weighted by atomic mass is 9.96. The number of thiophene rings is 1. The van der Waals surface area contributed by atoms with E-state index in [0.717, 1.165) is 4.88 Å². The van der Waals surface area contributed by atoms with Crippen LogP contribution in [0.25, 0.3) is 0 Å². The Hall–Kier alpha value is -1.93. The van der Waals surface area contributed by atoms with Crippen LogP contribution in [0.15, 0.2) is 17.5 Å². The van der Waals surface area contributed by atoms with E-state index in [1.54, 1.807) is 16.2 Å². The molecule has 0 saturated carbocycles. The van der Waals surface area contributed by atoms with Gasteiger partial charge in [0.25, 0.3) is 0 Å². The summed E-state index contributed by atoms with van der Waals surface area (Å²) in [7, 11) is 0. The average Bonchev–Trinajstić information content (AvgIpc) is 3.11. The highest BCUT2D eigenvalue weighted by Crippen LogP contribution is 2.16. The highest BCUT2D eigenvalue weighted by atomic mass is 32.1. The summed E-state index contributed by atoms with van der Waals surface area (Å²) in [6, 6.07) is 3.90. The summed E-state index contributed by atoms with van der Waals surface area (Å²) in [5, 5.41) is 4.80. The number of amides is 3. The third kappa shape index (κ3) is 6.13. The molecule has 2 rings (SSSR count). The summed E-state index contributed by atoms with van der Waals surface area (Å²) in [6.07, 6.45) is 1.38. The van der Waals surface area contributed by atoms with Gasteiger partial charge in [0.05, 0.1) is 19.6 Å². The van der Waals surface area contributed by atoms with Gasteiger partial charge in [0.1, 0.15) is 0 Å². The number of nitrogens with two attached hydrogens (primary N) is 1. The fourth-order valence-corrected chi connectivity index (χ4v) is 3.52. The number of hydrogen-bond donors (Lipinski definition) is 2. The minimum atomic E-state index is -0.261. The zero-order chi connectivity index (χ0) is 18.2. The molecule has 3 N–H and O–H groups in total. The molecule has 0 unspecified atom stereocenters. The fourth-order valence-electron chi connectivity index (χ4n) is 2.87. The molecule has 0 radical (unpaired) electrons. The van der Waals surface area contributed by atoms with Gasteiger partial charge in [-0.2, -0.15) is 0 Å². The topological polar surface area (TPSA) is 95.7 Å². The van der Waals surface area contributed by atoms with Crippen LogP contribution >= 0.6 is 11.3 Å². The van der Waals surface area contributed by atoms with Crippen LogP contribution in [0.4, 0.5) is 0 Å². The molecule has 0 spiro atoms. The van der Waals surface area contributed by atoms with Gasteiger partial charge in [-0.25, -0.2) is 0 Å². The van der Waals surface area contributed by atoms with E-state index in [4.69, 9.17) is 5.73 Å². The molecule has 25 heavy (non-hydrogen) atoms. The number of rotatable bonds is 8. The van der Waals surface area contributed by atoms with Crippen molar-refractivity contribution < 1.29 is 14.4 Å². The van der Waals surface area contributed by atoms with Crippen LogP contribution in [0.3, 0.4) is 0 Å². The molecule has 1 aromatic rings. The highest BCUT2D eigenvalue weighted by molar-refractivity contribution is 7.09. The number of primary amides is 1. The van der Waals surface area contributed by atoms with Crippen molar-refractivity contribution in [3.05, 3.63) is 22.4 Å². The Balaban J connectivity index is 1.74. The van der Waals surface area contributed by atoms with Gasteiger partial charge < -0.3 is 16.0 Å². The standard InChI is InChI=1S/C17H26N4O3S/c1-2-21(11-15(22)19-10-14-4-3-9-25-14)16(23)12-20-7-5-13(6-8-20)17(18)24/h3-4,9,13H,2,5-8,10-12H2,1H3,(H2,18,24)(H,19,22). The van der Waals surface area contributed by atoms with E-state index >= 15 is 0 Å². The Labute approximate surface area is 152 Å². The van der Waals surface area contributed by atoms with Crippen molar-refractivity contribution in [2.24, 2.45) is 11.7 Å². The first-order valence-corrected chi connectivity index (χ1v) is 9.46. The summed E-state index contributed by atoms with van der Waals surface area (Å²) in [5.74, 6) is -0.567. The second kappa shape index (κ2) is 9.53. The molecule has 1 saturated heterocycles. The van der Waals surface area contributed by atoms with Gasteiger partial charge in [-0.1, -0.05) is 6.07 Å². The first-order chi connectivity index (χ1) is 12.0. The van der Waals surface area contributed by atoms with E-state index < -0.39 is 0 Å². The second-order valence-corrected chi connectivity index (χ2v) is 7.25. The molecule has 1 fully saturated rings. The van der Waals surface area contributed by atoms with Crippen LogP contribution < -0.4 is 11.1 Å². The van der Waals surface area contributed by atoms with Crippen LogP contribution in [-0.2, 0) is 20.9 Å². The van der Waals surface area contributed by atoms with Crippen LogP contribution in [0, 0.1) is 5.92 Å². The third-order valence-electron chi connectivity index (χ3n) is 4.46. The first kappa shape index (κ1) is 19.4. The molecule has 1 aliphatic rings. The SMILES string of the molecule is CCN(CC(=O)NCc1cccs1)C(=O)CN1CCC(C(N)=O)CC1. The van der Waals surface area contributed by atoms with Gasteiger partial charge in [0, 0.05) is 17.3 Å². The monoisotopic (exact) mass is 366 g/mol. The summed E-state index contributed by atoms with van der Waals surface area (Å²) >= 11 is 1.59. The lowest BCUT2D eigenvalue weighted by molar-refractivity contribution is -0.137. The molecule has 0 bridgehead atoms. The van der Waals surface area contributed by atoms with Gasteiger partial charge >= 0.3 is 0 Å². The molecule has 1 aromatic heterocycles. The summed E-state index contributed by atoms with van der Waals surface area (Å²) in [5.41, 5.74) is 5.33. The fraction of sp³-hybridized carbons (Fsp3) is 0.588. The quantitative estimate of drug-likeness (QED) is 0.697. The van der Waals surface area contributed by atoms with Crippen molar-refractivity contribution in [3.63, 3.8) is 0 Å². The van der Waals surface area contributed by atoms with Crippen molar-refractivity contribution >= 4 is 29.1 Å². The van der Waals surface area contributed by atoms with Gasteiger partial charge in [0.2, 0.25) is 17.7 Å². The van der Waals surface area contributed by atoms with Crippen molar-refractivity contribution in [1.29, 1.82) is 0 Å². The van der Waals surface area contributed by atoms with Crippen LogP contribution in [0.5, 0.6) is 0 Å². The molecule has 7 nitrogen and oxygen atoms in total. The molecule has 3 amide bonds. The maximum atomic E-state index is 12.4. The molecule has 0 aromatic carbocycles. The van der Waals surface area contributed by atoms with Crippen molar-refractivity contribution in [2.45, 2.75) is 26.3 Å². The Morgan fingerprint density at radius 3 is 2.64 bits per heavy atom. The predicted molar refractivity (Wildman–Crippen MR) is 96.8 cm³/mol. The largest absolute Gasteiger partial charge is 0.369 e. The minimum Gasteiger partial charge on any atom is -0.369 e. The van der Waals surface area contributed by atoms with E-state index in [2.05, 4.69) is 5.32 Å². The average molecular weight is 366 g/mol. The summed E-state index contributed by atoms with van der Waals surface area (Å²) in [6.45, 7) is 4.55. The molecular weight excluding hydrogens is 340 g/mol. The number of carbonyl (C=O) groups excluding carboxylic acids is 3. The highest BCUT2D eigenvalue weighted by Gasteiger charge is 2.25. The molecule has 8 heteroatoms. The number of piperidine rings is 1. The smallest absolute Gasteiger partial charge is 0.239 e. The number of hydrogen-bond acceptors (Lipinski definition) is 5. The third-order valence-corrected chi connectivity index (χ3v) is 5.33. The van der Waals surface area contributed by atoms with Crippen molar-refractivity contribution in [3.8, 4) is 0 Å². The molecule has 0 atom stereocenters. The molecule has 138 valence electrons. The van der Waals surface area contributed by atoms with Crippen LogP contribution in [0.1, 0.15) is 24.6 Å². The number of nitrogens with zero attached hydrogens (tertiary/aromatic N) is 2. The Bertz CT molecular complexity index is 583. The van der Waals surface area contributed by atoms with Crippen LogP contribution in [-0.4, -0.2) is 60.2 Å². The number of likely N-dealkylation sites (N-methyl/N-ethyl adjacent to an activating group) is 1.